The fraction of sp³-hybridized carbons (Fsp3) is 0.500. The molecule has 1 saturated heterocycles. The number of hydrogen-bond acceptors (Lipinski definition) is 8. The Morgan fingerprint density at radius 3 is 2.91 bits per heavy atom. The van der Waals surface area contributed by atoms with Crippen LogP contribution < -0.4 is 10.6 Å². The number of β-amino-alcohol motifs (C(OH)–C–C–N with tert-alkyl or cyclic N) is 1. The lowest BCUT2D eigenvalue weighted by Crippen LogP contribution is -2.58. The Bertz CT molecular complexity index is 909. The van der Waals surface area contributed by atoms with E-state index in [9.17, 15) is 14.7 Å². The molecule has 10 heteroatoms. The predicted octanol–water partition coefficient (Wildman–Crippen LogP) is -0.650. The van der Waals surface area contributed by atoms with E-state index in [2.05, 4.69) is 43.3 Å². The van der Waals surface area contributed by atoms with E-state index in [1.54, 1.807) is 11.1 Å². The minimum atomic E-state index is -0.707. The summed E-state index contributed by atoms with van der Waals surface area (Å²) in [6.07, 6.45) is 3.46. The molecule has 1 atom stereocenters. The van der Waals surface area contributed by atoms with E-state index in [1.807, 2.05) is 6.07 Å². The standard InChI is InChI=1S/C22H31N7O3/c1-15(30)29-12-17(13-29)27-21(24-3)9-20(23-2)22(32)26-10-18(31)14-28-8-6-19-16(11-28)5-4-7-25-19/h4-5,7,9,17-18,27,31H,3,6,8,10-14H2,1-2H3,(H,26,32)/b21-9+,23-20+/t18-/m0/s1. The molecular weight excluding hydrogens is 410 g/mol. The number of aliphatic hydroxyl groups is 1. The Morgan fingerprint density at radius 2 is 2.22 bits per heavy atom. The van der Waals surface area contributed by atoms with Crippen LogP contribution in [0.3, 0.4) is 0 Å². The van der Waals surface area contributed by atoms with Gasteiger partial charge in [-0.2, -0.15) is 0 Å². The first-order valence-corrected chi connectivity index (χ1v) is 10.7. The molecule has 1 aromatic heterocycles. The number of nitrogens with zero attached hydrogens (tertiary/aromatic N) is 5. The molecule has 0 aliphatic carbocycles. The lowest BCUT2D eigenvalue weighted by atomic mass is 10.1. The van der Waals surface area contributed by atoms with Crippen LogP contribution in [0.5, 0.6) is 0 Å². The fourth-order valence-corrected chi connectivity index (χ4v) is 3.77. The number of nitrogens with one attached hydrogen (secondary N) is 2. The SMILES string of the molecule is C=N/C(=C\C(=N/C)C(=O)NC[C@H](O)CN1CCc2ncccc2C1)NC1CN(C(C)=O)C1. The third-order valence-electron chi connectivity index (χ3n) is 5.61. The predicted molar refractivity (Wildman–Crippen MR) is 122 cm³/mol. The van der Waals surface area contributed by atoms with E-state index >= 15 is 0 Å². The lowest BCUT2D eigenvalue weighted by Gasteiger charge is -2.39. The van der Waals surface area contributed by atoms with Gasteiger partial charge in [-0.15, -0.1) is 0 Å². The first-order valence-electron chi connectivity index (χ1n) is 10.7. The summed E-state index contributed by atoms with van der Waals surface area (Å²) in [4.78, 5) is 40.0. The Labute approximate surface area is 188 Å². The summed E-state index contributed by atoms with van der Waals surface area (Å²) in [6, 6.07) is 4.03. The second-order valence-corrected chi connectivity index (χ2v) is 8.02. The van der Waals surface area contributed by atoms with Crippen molar-refractivity contribution in [3.8, 4) is 0 Å². The van der Waals surface area contributed by atoms with Crippen LogP contribution in [-0.4, -0.2) is 96.1 Å². The van der Waals surface area contributed by atoms with Crippen molar-refractivity contribution in [1.29, 1.82) is 0 Å². The molecular formula is C22H31N7O3. The number of carbonyl (C=O) groups excluding carboxylic acids is 2. The van der Waals surface area contributed by atoms with E-state index in [0.29, 0.717) is 25.5 Å². The zero-order valence-electron chi connectivity index (χ0n) is 18.6. The van der Waals surface area contributed by atoms with Gasteiger partial charge in [0.15, 0.2) is 0 Å². The number of pyridine rings is 1. The van der Waals surface area contributed by atoms with E-state index in [4.69, 9.17) is 0 Å². The van der Waals surface area contributed by atoms with Crippen LogP contribution in [0.2, 0.25) is 0 Å². The molecule has 1 aromatic rings. The zero-order valence-corrected chi connectivity index (χ0v) is 18.6. The Morgan fingerprint density at radius 1 is 1.44 bits per heavy atom. The highest BCUT2D eigenvalue weighted by Crippen LogP contribution is 2.16. The van der Waals surface area contributed by atoms with Gasteiger partial charge in [0, 0.05) is 77.6 Å². The van der Waals surface area contributed by atoms with Crippen LogP contribution in [0.25, 0.3) is 0 Å². The molecule has 0 spiro atoms. The summed E-state index contributed by atoms with van der Waals surface area (Å²) in [5.74, 6) is 0.0380. The number of aliphatic imine (C=N–C) groups is 2. The zero-order chi connectivity index (χ0) is 23.1. The molecule has 3 heterocycles. The van der Waals surface area contributed by atoms with Crippen molar-refractivity contribution in [2.24, 2.45) is 9.98 Å². The summed E-state index contributed by atoms with van der Waals surface area (Å²) < 4.78 is 0. The summed E-state index contributed by atoms with van der Waals surface area (Å²) >= 11 is 0. The van der Waals surface area contributed by atoms with Crippen molar-refractivity contribution < 1.29 is 14.7 Å². The number of carbonyl (C=O) groups is 2. The van der Waals surface area contributed by atoms with Crippen molar-refractivity contribution in [2.45, 2.75) is 32.0 Å². The molecule has 2 aliphatic rings. The fourth-order valence-electron chi connectivity index (χ4n) is 3.77. The van der Waals surface area contributed by atoms with Crippen molar-refractivity contribution in [2.75, 3.05) is 39.8 Å². The maximum atomic E-state index is 12.5. The molecule has 32 heavy (non-hydrogen) atoms. The highest BCUT2D eigenvalue weighted by molar-refractivity contribution is 6.43. The molecule has 0 radical (unpaired) electrons. The minimum absolute atomic E-state index is 0.0271. The Balaban J connectivity index is 1.45. The smallest absolute Gasteiger partial charge is 0.269 e. The summed E-state index contributed by atoms with van der Waals surface area (Å²) in [6.45, 7) is 8.35. The topological polar surface area (TPSA) is 123 Å². The highest BCUT2D eigenvalue weighted by atomic mass is 16.3. The largest absolute Gasteiger partial charge is 0.390 e. The number of amides is 2. The molecule has 0 unspecified atom stereocenters. The van der Waals surface area contributed by atoms with E-state index < -0.39 is 12.0 Å². The maximum absolute atomic E-state index is 12.5. The maximum Gasteiger partial charge on any atom is 0.269 e. The normalized spacial score (nSPS) is 18.4. The van der Waals surface area contributed by atoms with Gasteiger partial charge >= 0.3 is 0 Å². The first-order chi connectivity index (χ1) is 15.4. The van der Waals surface area contributed by atoms with Crippen LogP contribution in [0.15, 0.2) is 40.2 Å². The molecule has 172 valence electrons. The number of aliphatic hydroxyl groups excluding tert-OH is 1. The summed E-state index contributed by atoms with van der Waals surface area (Å²) in [7, 11) is 1.52. The van der Waals surface area contributed by atoms with Gasteiger partial charge in [0.05, 0.1) is 12.1 Å². The van der Waals surface area contributed by atoms with Crippen molar-refractivity contribution in [3.05, 3.63) is 41.5 Å². The lowest BCUT2D eigenvalue weighted by molar-refractivity contribution is -0.133. The van der Waals surface area contributed by atoms with E-state index in [0.717, 1.165) is 25.2 Å². The molecule has 0 bridgehead atoms. The molecule has 3 N–H and O–H groups in total. The van der Waals surface area contributed by atoms with E-state index in [1.165, 1.54) is 25.6 Å². The minimum Gasteiger partial charge on any atom is -0.390 e. The second kappa shape index (κ2) is 11.0. The Kier molecular flexibility index (Phi) is 8.07. The Hall–Kier alpha value is -3.11. The van der Waals surface area contributed by atoms with Crippen molar-refractivity contribution >= 4 is 24.2 Å². The molecule has 10 nitrogen and oxygen atoms in total. The monoisotopic (exact) mass is 441 g/mol. The van der Waals surface area contributed by atoms with Crippen molar-refractivity contribution in [1.82, 2.24) is 25.4 Å². The van der Waals surface area contributed by atoms with Gasteiger partial charge in [0.1, 0.15) is 11.5 Å². The van der Waals surface area contributed by atoms with Gasteiger partial charge in [-0.1, -0.05) is 6.07 Å². The van der Waals surface area contributed by atoms with Gasteiger partial charge in [0.25, 0.3) is 5.91 Å². The molecule has 2 aliphatic heterocycles. The summed E-state index contributed by atoms with van der Waals surface area (Å²) in [5.41, 5.74) is 2.46. The second-order valence-electron chi connectivity index (χ2n) is 8.02. The number of likely N-dealkylation sites (tertiary alicyclic amines) is 1. The molecule has 3 rings (SSSR count). The number of fused-ring (bicyclic) bond motifs is 1. The van der Waals surface area contributed by atoms with Crippen LogP contribution in [0.1, 0.15) is 18.2 Å². The average Bonchev–Trinajstić information content (AvgIpc) is 2.76. The summed E-state index contributed by atoms with van der Waals surface area (Å²) in [5, 5.41) is 16.3. The van der Waals surface area contributed by atoms with Crippen LogP contribution in [0.4, 0.5) is 0 Å². The number of hydrogen-bond donors (Lipinski definition) is 3. The van der Waals surface area contributed by atoms with Crippen LogP contribution in [0, 0.1) is 0 Å². The van der Waals surface area contributed by atoms with E-state index in [-0.39, 0.29) is 24.2 Å². The van der Waals surface area contributed by atoms with Crippen LogP contribution >= 0.6 is 0 Å². The first kappa shape index (κ1) is 23.6. The van der Waals surface area contributed by atoms with Gasteiger partial charge in [0.2, 0.25) is 5.91 Å². The van der Waals surface area contributed by atoms with Gasteiger partial charge < -0.3 is 20.6 Å². The van der Waals surface area contributed by atoms with Gasteiger partial charge in [-0.05, 0) is 18.3 Å². The highest BCUT2D eigenvalue weighted by Gasteiger charge is 2.28. The number of rotatable bonds is 9. The quantitative estimate of drug-likeness (QED) is 0.438. The molecule has 0 saturated carbocycles. The van der Waals surface area contributed by atoms with Gasteiger partial charge in [-0.3, -0.25) is 24.5 Å². The third-order valence-corrected chi connectivity index (χ3v) is 5.61. The average molecular weight is 442 g/mol. The number of aromatic nitrogens is 1. The molecule has 2 amide bonds. The van der Waals surface area contributed by atoms with Crippen LogP contribution in [-0.2, 0) is 22.6 Å². The third kappa shape index (κ3) is 6.21. The van der Waals surface area contributed by atoms with Gasteiger partial charge in [-0.25, -0.2) is 4.99 Å². The van der Waals surface area contributed by atoms with Crippen molar-refractivity contribution in [3.63, 3.8) is 0 Å². The molecule has 1 fully saturated rings. The molecule has 0 aromatic carbocycles.